The predicted octanol–water partition coefficient (Wildman–Crippen LogP) is 1.33. The molecule has 0 aromatic heterocycles. The normalized spacial score (nSPS) is 10.3. The van der Waals surface area contributed by atoms with Crippen LogP contribution in [0.2, 0.25) is 0 Å². The maximum absolute atomic E-state index is 13.2. The summed E-state index contributed by atoms with van der Waals surface area (Å²) in [6.45, 7) is 1.68. The van der Waals surface area contributed by atoms with Gasteiger partial charge in [0.2, 0.25) is 0 Å². The Morgan fingerprint density at radius 2 is 2.21 bits per heavy atom. The number of methoxy groups -OCH3 is 1. The summed E-state index contributed by atoms with van der Waals surface area (Å²) in [5, 5.41) is 18.0. The highest BCUT2D eigenvalue weighted by atomic mass is 19.1. The van der Waals surface area contributed by atoms with Crippen molar-refractivity contribution >= 4 is 0 Å². The van der Waals surface area contributed by atoms with Gasteiger partial charge in [-0.1, -0.05) is 0 Å². The van der Waals surface area contributed by atoms with E-state index in [0.29, 0.717) is 11.1 Å². The fraction of sp³-hybridized carbons (Fsp3) is 0.333. The first-order valence-electron chi connectivity index (χ1n) is 4.03. The van der Waals surface area contributed by atoms with E-state index in [1.165, 1.54) is 13.2 Å². The maximum Gasteiger partial charge on any atom is 0.196 e. The monoisotopic (exact) mass is 201 g/mol. The van der Waals surface area contributed by atoms with E-state index < -0.39 is 5.82 Å². The molecule has 0 bridgehead atoms. The van der Waals surface area contributed by atoms with Gasteiger partial charge in [0.15, 0.2) is 17.3 Å². The summed E-state index contributed by atoms with van der Waals surface area (Å²) in [5.41, 5.74) is 2.85. The molecule has 0 aliphatic carbocycles. The molecule has 0 unspecified atom stereocenters. The molecule has 0 fully saturated rings. The highest BCUT2D eigenvalue weighted by molar-refractivity contribution is 5.49. The number of hydrogen-bond donors (Lipinski definition) is 3. The molecule has 0 spiro atoms. The predicted molar refractivity (Wildman–Crippen MR) is 48.0 cm³/mol. The Kier molecular flexibility index (Phi) is 3.27. The lowest BCUT2D eigenvalue weighted by Crippen LogP contribution is -2.08. The van der Waals surface area contributed by atoms with Crippen molar-refractivity contribution in [1.82, 2.24) is 5.48 Å². The molecule has 0 aliphatic rings. The van der Waals surface area contributed by atoms with Crippen LogP contribution < -0.4 is 10.2 Å². The smallest absolute Gasteiger partial charge is 0.196 e. The van der Waals surface area contributed by atoms with Crippen LogP contribution in [0.3, 0.4) is 0 Å². The minimum atomic E-state index is -0.652. The van der Waals surface area contributed by atoms with Crippen molar-refractivity contribution in [1.29, 1.82) is 0 Å². The summed E-state index contributed by atoms with van der Waals surface area (Å²) in [4.78, 5) is 0. The molecular formula is C9H12FNO3. The fourth-order valence-electron chi connectivity index (χ4n) is 1.23. The Morgan fingerprint density at radius 3 is 2.71 bits per heavy atom. The van der Waals surface area contributed by atoms with Gasteiger partial charge in [0.25, 0.3) is 0 Å². The molecule has 3 N–H and O–H groups in total. The molecule has 4 nitrogen and oxygen atoms in total. The first-order chi connectivity index (χ1) is 6.61. The lowest BCUT2D eigenvalue weighted by Gasteiger charge is -2.11. The molecule has 0 aliphatic heterocycles. The van der Waals surface area contributed by atoms with Crippen molar-refractivity contribution in [2.24, 2.45) is 0 Å². The van der Waals surface area contributed by atoms with Crippen molar-refractivity contribution in [2.45, 2.75) is 13.5 Å². The molecule has 0 atom stereocenters. The van der Waals surface area contributed by atoms with Crippen molar-refractivity contribution in [3.8, 4) is 11.5 Å². The number of aromatic hydroxyl groups is 1. The first kappa shape index (κ1) is 10.7. The molecular weight excluding hydrogens is 189 g/mol. The van der Waals surface area contributed by atoms with Gasteiger partial charge in [-0.05, 0) is 24.1 Å². The molecule has 0 saturated carbocycles. The summed E-state index contributed by atoms with van der Waals surface area (Å²) in [7, 11) is 1.28. The van der Waals surface area contributed by atoms with Crippen LogP contribution in [0, 0.1) is 12.7 Å². The summed E-state index contributed by atoms with van der Waals surface area (Å²) in [6, 6.07) is 1.21. The Bertz CT molecular complexity index is 341. The molecule has 1 aromatic rings. The molecule has 1 aromatic carbocycles. The summed E-state index contributed by atoms with van der Waals surface area (Å²) >= 11 is 0. The van der Waals surface area contributed by atoms with Crippen molar-refractivity contribution in [3.63, 3.8) is 0 Å². The molecule has 5 heteroatoms. The molecule has 78 valence electrons. The SMILES string of the molecule is COc1c(F)cc(CNO)c(C)c1O. The van der Waals surface area contributed by atoms with Crippen LogP contribution in [0.25, 0.3) is 0 Å². The van der Waals surface area contributed by atoms with Crippen LogP contribution in [0.15, 0.2) is 6.07 Å². The van der Waals surface area contributed by atoms with E-state index in [0.717, 1.165) is 0 Å². The molecule has 0 heterocycles. The fourth-order valence-corrected chi connectivity index (χ4v) is 1.23. The number of phenolic OH excluding ortho intramolecular Hbond substituents is 1. The Hall–Kier alpha value is -1.33. The minimum absolute atomic E-state index is 0.0697. The van der Waals surface area contributed by atoms with E-state index in [-0.39, 0.29) is 18.0 Å². The zero-order valence-electron chi connectivity index (χ0n) is 7.97. The Balaban J connectivity index is 3.25. The summed E-state index contributed by atoms with van der Waals surface area (Å²) in [5.74, 6) is -1.07. The molecule has 14 heavy (non-hydrogen) atoms. The molecule has 0 radical (unpaired) electrons. The van der Waals surface area contributed by atoms with Gasteiger partial charge in [-0.3, -0.25) is 0 Å². The zero-order valence-corrected chi connectivity index (χ0v) is 7.97. The van der Waals surface area contributed by atoms with Crippen molar-refractivity contribution in [2.75, 3.05) is 7.11 Å². The van der Waals surface area contributed by atoms with Gasteiger partial charge in [0.1, 0.15) is 0 Å². The topological polar surface area (TPSA) is 61.7 Å². The van der Waals surface area contributed by atoms with Crippen LogP contribution in [-0.4, -0.2) is 17.4 Å². The van der Waals surface area contributed by atoms with Crippen LogP contribution >= 0.6 is 0 Å². The van der Waals surface area contributed by atoms with E-state index in [1.807, 2.05) is 5.48 Å². The second-order valence-electron chi connectivity index (χ2n) is 2.86. The number of ether oxygens (including phenoxy) is 1. The summed E-state index contributed by atoms with van der Waals surface area (Å²) in [6.07, 6.45) is 0. The second-order valence-corrected chi connectivity index (χ2v) is 2.86. The van der Waals surface area contributed by atoms with Gasteiger partial charge in [0.05, 0.1) is 7.11 Å². The third-order valence-electron chi connectivity index (χ3n) is 2.04. The molecule has 1 rings (SSSR count). The van der Waals surface area contributed by atoms with Crippen LogP contribution in [-0.2, 0) is 6.54 Å². The standard InChI is InChI=1S/C9H12FNO3/c1-5-6(4-11-13)3-7(10)9(14-2)8(5)12/h3,11-13H,4H2,1-2H3. The van der Waals surface area contributed by atoms with Gasteiger partial charge in [-0.25, -0.2) is 9.87 Å². The van der Waals surface area contributed by atoms with Crippen molar-refractivity contribution < 1.29 is 19.4 Å². The van der Waals surface area contributed by atoms with E-state index in [2.05, 4.69) is 4.74 Å². The van der Waals surface area contributed by atoms with Gasteiger partial charge >= 0.3 is 0 Å². The number of nitrogens with one attached hydrogen (secondary N) is 1. The van der Waals surface area contributed by atoms with Crippen molar-refractivity contribution in [3.05, 3.63) is 23.0 Å². The second kappa shape index (κ2) is 4.26. The quantitative estimate of drug-likeness (QED) is 0.645. The van der Waals surface area contributed by atoms with E-state index in [4.69, 9.17) is 5.21 Å². The Morgan fingerprint density at radius 1 is 1.57 bits per heavy atom. The zero-order chi connectivity index (χ0) is 10.7. The van der Waals surface area contributed by atoms with E-state index >= 15 is 0 Å². The third kappa shape index (κ3) is 1.78. The first-order valence-corrected chi connectivity index (χ1v) is 4.03. The number of rotatable bonds is 3. The lowest BCUT2D eigenvalue weighted by molar-refractivity contribution is 0.161. The number of hydroxylamine groups is 1. The Labute approximate surface area is 80.9 Å². The van der Waals surface area contributed by atoms with Gasteiger partial charge in [-0.15, -0.1) is 0 Å². The van der Waals surface area contributed by atoms with Crippen LogP contribution in [0.1, 0.15) is 11.1 Å². The number of phenols is 1. The number of halogens is 1. The lowest BCUT2D eigenvalue weighted by atomic mass is 10.1. The number of benzene rings is 1. The molecule has 0 saturated heterocycles. The third-order valence-corrected chi connectivity index (χ3v) is 2.04. The van der Waals surface area contributed by atoms with Gasteiger partial charge in [0, 0.05) is 6.54 Å². The van der Waals surface area contributed by atoms with Crippen LogP contribution in [0.4, 0.5) is 4.39 Å². The van der Waals surface area contributed by atoms with Gasteiger partial charge < -0.3 is 15.1 Å². The van der Waals surface area contributed by atoms with Crippen LogP contribution in [0.5, 0.6) is 11.5 Å². The van der Waals surface area contributed by atoms with E-state index in [9.17, 15) is 9.50 Å². The highest BCUT2D eigenvalue weighted by Crippen LogP contribution is 2.34. The summed E-state index contributed by atoms with van der Waals surface area (Å²) < 4.78 is 17.9. The average molecular weight is 201 g/mol. The molecule has 0 amide bonds. The van der Waals surface area contributed by atoms with E-state index in [1.54, 1.807) is 6.92 Å². The maximum atomic E-state index is 13.2. The minimum Gasteiger partial charge on any atom is -0.504 e. The highest BCUT2D eigenvalue weighted by Gasteiger charge is 2.14. The van der Waals surface area contributed by atoms with Gasteiger partial charge in [-0.2, -0.15) is 0 Å². The number of hydrogen-bond acceptors (Lipinski definition) is 4. The average Bonchev–Trinajstić information content (AvgIpc) is 2.15. The largest absolute Gasteiger partial charge is 0.504 e.